The van der Waals surface area contributed by atoms with Crippen LogP contribution in [0, 0.1) is 5.92 Å². The van der Waals surface area contributed by atoms with Crippen molar-refractivity contribution < 1.29 is 0 Å². The summed E-state index contributed by atoms with van der Waals surface area (Å²) in [7, 11) is 2.24. The topological polar surface area (TPSA) is 15.3 Å². The van der Waals surface area contributed by atoms with E-state index in [-0.39, 0.29) is 0 Å². The summed E-state index contributed by atoms with van der Waals surface area (Å²) in [6.07, 6.45) is 4.14. The Morgan fingerprint density at radius 3 is 2.54 bits per heavy atom. The zero-order valence-corrected chi connectivity index (χ0v) is 9.34. The highest BCUT2D eigenvalue weighted by Gasteiger charge is 2.25. The van der Waals surface area contributed by atoms with Gasteiger partial charge in [0.25, 0.3) is 0 Å². The molecule has 0 aliphatic heterocycles. The predicted molar refractivity (Wildman–Crippen MR) is 58.0 cm³/mol. The average molecular weight is 184 g/mol. The van der Waals surface area contributed by atoms with Crippen LogP contribution in [-0.2, 0) is 0 Å². The molecule has 0 saturated heterocycles. The largest absolute Gasteiger partial charge is 0.315 e. The SMILES string of the molecule is CC(C)CCNCCN(C)C1CC1. The highest BCUT2D eigenvalue weighted by atomic mass is 15.2. The maximum atomic E-state index is 3.49. The van der Waals surface area contributed by atoms with Crippen LogP contribution in [0.3, 0.4) is 0 Å². The van der Waals surface area contributed by atoms with Gasteiger partial charge >= 0.3 is 0 Å². The molecule has 1 aliphatic carbocycles. The number of likely N-dealkylation sites (N-methyl/N-ethyl adjacent to an activating group) is 1. The minimum atomic E-state index is 0.827. The minimum absolute atomic E-state index is 0.827. The Morgan fingerprint density at radius 1 is 1.31 bits per heavy atom. The van der Waals surface area contributed by atoms with Crippen LogP contribution in [0.1, 0.15) is 33.1 Å². The third-order valence-corrected chi connectivity index (χ3v) is 2.71. The van der Waals surface area contributed by atoms with Crippen molar-refractivity contribution in [2.45, 2.75) is 39.2 Å². The monoisotopic (exact) mass is 184 g/mol. The average Bonchev–Trinajstić information content (AvgIpc) is 2.85. The summed E-state index contributed by atoms with van der Waals surface area (Å²) in [5.41, 5.74) is 0. The van der Waals surface area contributed by atoms with Crippen LogP contribution in [0.2, 0.25) is 0 Å². The number of hydrogen-bond acceptors (Lipinski definition) is 2. The Bertz CT molecular complexity index is 130. The van der Waals surface area contributed by atoms with Crippen LogP contribution in [0.15, 0.2) is 0 Å². The van der Waals surface area contributed by atoms with Gasteiger partial charge in [-0.15, -0.1) is 0 Å². The number of nitrogens with zero attached hydrogens (tertiary/aromatic N) is 1. The van der Waals surface area contributed by atoms with Gasteiger partial charge < -0.3 is 10.2 Å². The summed E-state index contributed by atoms with van der Waals surface area (Å²) in [5.74, 6) is 0.827. The molecule has 1 fully saturated rings. The van der Waals surface area contributed by atoms with Crippen molar-refractivity contribution in [3.8, 4) is 0 Å². The Morgan fingerprint density at radius 2 is 2.00 bits per heavy atom. The summed E-state index contributed by atoms with van der Waals surface area (Å²) in [4.78, 5) is 2.47. The lowest BCUT2D eigenvalue weighted by atomic mass is 10.1. The summed E-state index contributed by atoms with van der Waals surface area (Å²) in [6, 6.07) is 0.909. The van der Waals surface area contributed by atoms with Crippen molar-refractivity contribution in [3.63, 3.8) is 0 Å². The molecular weight excluding hydrogens is 160 g/mol. The van der Waals surface area contributed by atoms with Gasteiger partial charge in [-0.1, -0.05) is 13.8 Å². The maximum absolute atomic E-state index is 3.49. The van der Waals surface area contributed by atoms with Crippen molar-refractivity contribution >= 4 is 0 Å². The van der Waals surface area contributed by atoms with Gasteiger partial charge in [-0.05, 0) is 38.8 Å². The van der Waals surface area contributed by atoms with Crippen LogP contribution in [-0.4, -0.2) is 37.6 Å². The molecule has 0 bridgehead atoms. The van der Waals surface area contributed by atoms with E-state index in [0.717, 1.165) is 18.5 Å². The van der Waals surface area contributed by atoms with Gasteiger partial charge in [0.2, 0.25) is 0 Å². The lowest BCUT2D eigenvalue weighted by Crippen LogP contribution is -2.31. The van der Waals surface area contributed by atoms with Crippen molar-refractivity contribution in [1.82, 2.24) is 10.2 Å². The van der Waals surface area contributed by atoms with E-state index in [9.17, 15) is 0 Å². The van der Waals surface area contributed by atoms with Crippen molar-refractivity contribution in [2.75, 3.05) is 26.7 Å². The second kappa shape index (κ2) is 5.61. The number of hydrogen-bond donors (Lipinski definition) is 1. The summed E-state index contributed by atoms with van der Waals surface area (Å²) in [6.45, 7) is 8.09. The van der Waals surface area contributed by atoms with E-state index < -0.39 is 0 Å². The van der Waals surface area contributed by atoms with Gasteiger partial charge in [-0.3, -0.25) is 0 Å². The van der Waals surface area contributed by atoms with Crippen molar-refractivity contribution in [1.29, 1.82) is 0 Å². The van der Waals surface area contributed by atoms with Gasteiger partial charge in [0, 0.05) is 19.1 Å². The highest BCUT2D eigenvalue weighted by molar-refractivity contribution is 4.82. The Hall–Kier alpha value is -0.0800. The number of rotatable bonds is 7. The molecule has 0 atom stereocenters. The molecule has 1 rings (SSSR count). The lowest BCUT2D eigenvalue weighted by Gasteiger charge is -2.15. The fraction of sp³-hybridized carbons (Fsp3) is 1.00. The first-order valence-electron chi connectivity index (χ1n) is 5.61. The van der Waals surface area contributed by atoms with Crippen LogP contribution in [0.25, 0.3) is 0 Å². The molecule has 2 heteroatoms. The molecular formula is C11H24N2. The van der Waals surface area contributed by atoms with E-state index in [0.29, 0.717) is 0 Å². The summed E-state index contributed by atoms with van der Waals surface area (Å²) in [5, 5.41) is 3.49. The Balaban J connectivity index is 1.83. The molecule has 0 unspecified atom stereocenters. The van der Waals surface area contributed by atoms with Gasteiger partial charge in [0.15, 0.2) is 0 Å². The molecule has 0 aromatic heterocycles. The summed E-state index contributed by atoms with van der Waals surface area (Å²) >= 11 is 0. The zero-order chi connectivity index (χ0) is 9.68. The second-order valence-electron chi connectivity index (χ2n) is 4.64. The third kappa shape index (κ3) is 5.27. The van der Waals surface area contributed by atoms with E-state index >= 15 is 0 Å². The van der Waals surface area contributed by atoms with Gasteiger partial charge in [0.1, 0.15) is 0 Å². The number of nitrogens with one attached hydrogen (secondary N) is 1. The lowest BCUT2D eigenvalue weighted by molar-refractivity contribution is 0.320. The van der Waals surface area contributed by atoms with E-state index in [2.05, 4.69) is 31.1 Å². The van der Waals surface area contributed by atoms with Gasteiger partial charge in [-0.2, -0.15) is 0 Å². The van der Waals surface area contributed by atoms with Gasteiger partial charge in [-0.25, -0.2) is 0 Å². The molecule has 13 heavy (non-hydrogen) atoms. The fourth-order valence-corrected chi connectivity index (χ4v) is 1.47. The van der Waals surface area contributed by atoms with Crippen LogP contribution < -0.4 is 5.32 Å². The normalized spacial score (nSPS) is 17.3. The predicted octanol–water partition coefficient (Wildman–Crippen LogP) is 1.72. The van der Waals surface area contributed by atoms with Crippen molar-refractivity contribution in [2.24, 2.45) is 5.92 Å². The standard InChI is InChI=1S/C11H24N2/c1-10(2)6-7-12-8-9-13(3)11-4-5-11/h10-12H,4-9H2,1-3H3. The molecule has 0 radical (unpaired) electrons. The molecule has 1 N–H and O–H groups in total. The molecule has 1 saturated carbocycles. The first-order valence-corrected chi connectivity index (χ1v) is 5.61. The van der Waals surface area contributed by atoms with Gasteiger partial charge in [0.05, 0.1) is 0 Å². The van der Waals surface area contributed by atoms with E-state index in [1.165, 1.54) is 32.4 Å². The zero-order valence-electron chi connectivity index (χ0n) is 9.34. The molecule has 0 amide bonds. The molecule has 0 aromatic carbocycles. The Labute approximate surface area is 82.7 Å². The fourth-order valence-electron chi connectivity index (χ4n) is 1.47. The molecule has 0 heterocycles. The minimum Gasteiger partial charge on any atom is -0.315 e. The molecule has 78 valence electrons. The van der Waals surface area contributed by atoms with E-state index in [1.807, 2.05) is 0 Å². The molecule has 0 spiro atoms. The molecule has 0 aromatic rings. The third-order valence-electron chi connectivity index (χ3n) is 2.71. The quantitative estimate of drug-likeness (QED) is 0.606. The first-order chi connectivity index (χ1) is 6.20. The first kappa shape index (κ1) is 11.0. The highest BCUT2D eigenvalue weighted by Crippen LogP contribution is 2.24. The second-order valence-corrected chi connectivity index (χ2v) is 4.64. The Kier molecular flexibility index (Phi) is 4.74. The van der Waals surface area contributed by atoms with Crippen LogP contribution >= 0.6 is 0 Å². The van der Waals surface area contributed by atoms with Crippen molar-refractivity contribution in [3.05, 3.63) is 0 Å². The van der Waals surface area contributed by atoms with Crippen LogP contribution in [0.5, 0.6) is 0 Å². The smallest absolute Gasteiger partial charge is 0.0107 e. The maximum Gasteiger partial charge on any atom is 0.0107 e. The van der Waals surface area contributed by atoms with E-state index in [1.54, 1.807) is 0 Å². The molecule has 2 nitrogen and oxygen atoms in total. The molecule has 1 aliphatic rings. The summed E-state index contributed by atoms with van der Waals surface area (Å²) < 4.78 is 0. The van der Waals surface area contributed by atoms with Crippen LogP contribution in [0.4, 0.5) is 0 Å². The van der Waals surface area contributed by atoms with E-state index in [4.69, 9.17) is 0 Å².